The van der Waals surface area contributed by atoms with Gasteiger partial charge in [0.25, 0.3) is 10.2 Å². The lowest BCUT2D eigenvalue weighted by atomic mass is 10.0. The number of rotatable bonds is 3. The third-order valence-electron chi connectivity index (χ3n) is 4.95. The Bertz CT molecular complexity index is 823. The summed E-state index contributed by atoms with van der Waals surface area (Å²) in [5, 5.41) is 0. The molecule has 1 aromatic heterocycles. The number of fused-ring (bicyclic) bond motifs is 1. The minimum absolute atomic E-state index is 0.145. The Morgan fingerprint density at radius 2 is 1.79 bits per heavy atom. The second-order valence-corrected chi connectivity index (χ2v) is 8.26. The van der Waals surface area contributed by atoms with E-state index in [9.17, 15) is 8.42 Å². The Morgan fingerprint density at radius 1 is 1.00 bits per heavy atom. The van der Waals surface area contributed by atoms with Gasteiger partial charge < -0.3 is 0 Å². The van der Waals surface area contributed by atoms with E-state index in [4.69, 9.17) is 0 Å². The maximum absolute atomic E-state index is 13.2. The van der Waals surface area contributed by atoms with Crippen molar-refractivity contribution in [1.29, 1.82) is 0 Å². The van der Waals surface area contributed by atoms with Crippen molar-refractivity contribution in [3.63, 3.8) is 0 Å². The second kappa shape index (κ2) is 6.27. The summed E-state index contributed by atoms with van der Waals surface area (Å²) >= 11 is 0. The number of hydrogen-bond acceptors (Lipinski definition) is 3. The molecule has 0 bridgehead atoms. The van der Waals surface area contributed by atoms with E-state index < -0.39 is 10.2 Å². The summed E-state index contributed by atoms with van der Waals surface area (Å²) in [7, 11) is -3.48. The van der Waals surface area contributed by atoms with E-state index in [0.717, 1.165) is 30.5 Å². The predicted molar refractivity (Wildman–Crippen MR) is 92.4 cm³/mol. The summed E-state index contributed by atoms with van der Waals surface area (Å²) in [5.74, 6) is 0. The van der Waals surface area contributed by atoms with E-state index >= 15 is 0 Å². The van der Waals surface area contributed by atoms with Gasteiger partial charge in [-0.25, -0.2) is 0 Å². The Kier molecular flexibility index (Phi) is 4.12. The van der Waals surface area contributed by atoms with Crippen molar-refractivity contribution in [2.75, 3.05) is 13.1 Å². The van der Waals surface area contributed by atoms with Gasteiger partial charge in [0.05, 0.1) is 11.7 Å². The lowest BCUT2D eigenvalue weighted by molar-refractivity contribution is 0.314. The quantitative estimate of drug-likeness (QED) is 0.860. The van der Waals surface area contributed by atoms with Crippen LogP contribution in [0, 0.1) is 0 Å². The molecule has 2 aliphatic rings. The molecule has 0 amide bonds. The van der Waals surface area contributed by atoms with Gasteiger partial charge in [0.15, 0.2) is 0 Å². The number of hydrogen-bond donors (Lipinski definition) is 0. The first-order valence-corrected chi connectivity index (χ1v) is 9.80. The molecule has 1 saturated heterocycles. The average Bonchev–Trinajstić information content (AvgIpc) is 3.13. The molecule has 6 heteroatoms. The molecule has 2 aliphatic heterocycles. The van der Waals surface area contributed by atoms with Crippen LogP contribution in [-0.2, 0) is 23.2 Å². The van der Waals surface area contributed by atoms with Gasteiger partial charge >= 0.3 is 0 Å². The van der Waals surface area contributed by atoms with E-state index in [1.54, 1.807) is 14.8 Å². The number of aromatic nitrogens is 1. The fourth-order valence-corrected chi connectivity index (χ4v) is 5.52. The molecule has 2 aromatic rings. The van der Waals surface area contributed by atoms with Crippen molar-refractivity contribution in [2.24, 2.45) is 0 Å². The zero-order valence-electron chi connectivity index (χ0n) is 13.5. The van der Waals surface area contributed by atoms with Crippen LogP contribution >= 0.6 is 0 Å². The highest BCUT2D eigenvalue weighted by atomic mass is 32.2. The number of benzene rings is 1. The van der Waals surface area contributed by atoms with Crippen LogP contribution in [0.3, 0.4) is 0 Å². The van der Waals surface area contributed by atoms with E-state index in [2.05, 4.69) is 11.1 Å². The largest absolute Gasteiger partial charge is 0.282 e. The Morgan fingerprint density at radius 3 is 2.58 bits per heavy atom. The van der Waals surface area contributed by atoms with Gasteiger partial charge in [0.2, 0.25) is 0 Å². The maximum atomic E-state index is 13.2. The monoisotopic (exact) mass is 343 g/mol. The van der Waals surface area contributed by atoms with Crippen molar-refractivity contribution in [3.05, 3.63) is 65.5 Å². The maximum Gasteiger partial charge on any atom is 0.282 e. The number of pyridine rings is 1. The predicted octanol–water partition coefficient (Wildman–Crippen LogP) is 2.52. The van der Waals surface area contributed by atoms with Gasteiger partial charge in [-0.05, 0) is 42.5 Å². The van der Waals surface area contributed by atoms with Crippen LogP contribution in [0.5, 0.6) is 0 Å². The Hall–Kier alpha value is -1.76. The van der Waals surface area contributed by atoms with Crippen LogP contribution in [-0.4, -0.2) is 35.1 Å². The first kappa shape index (κ1) is 15.7. The summed E-state index contributed by atoms with van der Waals surface area (Å²) in [6.45, 7) is 1.58. The van der Waals surface area contributed by atoms with Crippen molar-refractivity contribution < 1.29 is 8.42 Å². The molecule has 0 spiro atoms. The summed E-state index contributed by atoms with van der Waals surface area (Å²) in [6, 6.07) is 13.7. The molecular formula is C18H21N3O2S. The molecule has 126 valence electrons. The number of nitrogens with zero attached hydrogens (tertiary/aromatic N) is 3. The summed E-state index contributed by atoms with van der Waals surface area (Å²) in [4.78, 5) is 4.38. The third-order valence-corrected chi connectivity index (χ3v) is 6.95. The zero-order chi connectivity index (χ0) is 16.6. The van der Waals surface area contributed by atoms with Crippen molar-refractivity contribution in [3.8, 4) is 0 Å². The molecule has 1 atom stereocenters. The fourth-order valence-electron chi connectivity index (χ4n) is 3.70. The third kappa shape index (κ3) is 2.75. The molecule has 3 heterocycles. The van der Waals surface area contributed by atoms with Gasteiger partial charge in [-0.1, -0.05) is 30.3 Å². The molecular weight excluding hydrogens is 322 g/mol. The average molecular weight is 343 g/mol. The van der Waals surface area contributed by atoms with Gasteiger partial charge in [0, 0.05) is 25.8 Å². The molecule has 1 fully saturated rings. The van der Waals surface area contributed by atoms with E-state index in [-0.39, 0.29) is 6.04 Å². The van der Waals surface area contributed by atoms with Gasteiger partial charge in [-0.2, -0.15) is 17.0 Å². The second-order valence-electron chi connectivity index (χ2n) is 6.38. The van der Waals surface area contributed by atoms with Gasteiger partial charge in [-0.3, -0.25) is 4.98 Å². The van der Waals surface area contributed by atoms with Crippen molar-refractivity contribution in [2.45, 2.75) is 31.8 Å². The SMILES string of the molecule is O=S(=O)(N1CCc2ccccc2C1)N1CCC[C@H]1c1ccccn1. The molecule has 0 aliphatic carbocycles. The van der Waals surface area contributed by atoms with Gasteiger partial charge in [0.1, 0.15) is 0 Å². The van der Waals surface area contributed by atoms with Crippen LogP contribution in [0.2, 0.25) is 0 Å². The van der Waals surface area contributed by atoms with Crippen LogP contribution in [0.1, 0.15) is 35.7 Å². The first-order chi connectivity index (χ1) is 11.7. The van der Waals surface area contributed by atoms with Crippen LogP contribution in [0.15, 0.2) is 48.7 Å². The summed E-state index contributed by atoms with van der Waals surface area (Å²) < 4.78 is 29.7. The molecule has 0 saturated carbocycles. The standard InChI is InChI=1S/C18H21N3O2S/c22-24(23,20-13-10-15-6-1-2-7-16(15)14-20)21-12-5-9-18(21)17-8-3-4-11-19-17/h1-4,6-8,11,18H,5,9-10,12-14H2/t18-/m0/s1. The van der Waals surface area contributed by atoms with Gasteiger partial charge in [-0.15, -0.1) is 0 Å². The highest BCUT2D eigenvalue weighted by Gasteiger charge is 2.40. The highest BCUT2D eigenvalue weighted by molar-refractivity contribution is 7.86. The smallest absolute Gasteiger partial charge is 0.260 e. The molecule has 0 unspecified atom stereocenters. The molecule has 0 N–H and O–H groups in total. The van der Waals surface area contributed by atoms with E-state index in [1.807, 2.05) is 36.4 Å². The van der Waals surface area contributed by atoms with Crippen LogP contribution < -0.4 is 0 Å². The first-order valence-electron chi connectivity index (χ1n) is 8.41. The highest BCUT2D eigenvalue weighted by Crippen LogP contribution is 2.35. The van der Waals surface area contributed by atoms with Crippen molar-refractivity contribution >= 4 is 10.2 Å². The van der Waals surface area contributed by atoms with Crippen LogP contribution in [0.4, 0.5) is 0 Å². The molecule has 1 aromatic carbocycles. The topological polar surface area (TPSA) is 53.5 Å². The normalized spacial score (nSPS) is 22.4. The lowest BCUT2D eigenvalue weighted by Gasteiger charge is -2.33. The lowest BCUT2D eigenvalue weighted by Crippen LogP contribution is -2.45. The Balaban J connectivity index is 1.61. The molecule has 5 nitrogen and oxygen atoms in total. The minimum atomic E-state index is -3.48. The fraction of sp³-hybridized carbons (Fsp3) is 0.389. The Labute approximate surface area is 143 Å². The molecule has 4 rings (SSSR count). The van der Waals surface area contributed by atoms with E-state index in [1.165, 1.54) is 5.56 Å². The molecule has 24 heavy (non-hydrogen) atoms. The van der Waals surface area contributed by atoms with Crippen molar-refractivity contribution in [1.82, 2.24) is 13.6 Å². The molecule has 0 radical (unpaired) electrons. The van der Waals surface area contributed by atoms with Crippen LogP contribution in [0.25, 0.3) is 0 Å². The minimum Gasteiger partial charge on any atom is -0.260 e. The van der Waals surface area contributed by atoms with E-state index in [0.29, 0.717) is 19.6 Å². The zero-order valence-corrected chi connectivity index (χ0v) is 14.3. The summed E-state index contributed by atoms with van der Waals surface area (Å²) in [6.07, 6.45) is 4.22. The summed E-state index contributed by atoms with van der Waals surface area (Å²) in [5.41, 5.74) is 3.21.